The fourth-order valence-corrected chi connectivity index (χ4v) is 3.05. The van der Waals surface area contributed by atoms with Gasteiger partial charge in [0.2, 0.25) is 10.0 Å². The monoisotopic (exact) mass is 312 g/mol. The third-order valence-electron chi connectivity index (χ3n) is 2.53. The van der Waals surface area contributed by atoms with E-state index in [4.69, 9.17) is 11.6 Å². The lowest BCUT2D eigenvalue weighted by Crippen LogP contribution is -2.56. The van der Waals surface area contributed by atoms with Crippen LogP contribution in [0.5, 0.6) is 5.75 Å². The van der Waals surface area contributed by atoms with Gasteiger partial charge < -0.3 is 10.1 Å². The van der Waals surface area contributed by atoms with Gasteiger partial charge in [0.25, 0.3) is 0 Å². The summed E-state index contributed by atoms with van der Waals surface area (Å²) in [4.78, 5) is -0.0917. The molecule has 2 N–H and O–H groups in total. The van der Waals surface area contributed by atoms with Gasteiger partial charge in [0, 0.05) is 19.1 Å². The van der Waals surface area contributed by atoms with Crippen LogP contribution in [0.1, 0.15) is 0 Å². The van der Waals surface area contributed by atoms with E-state index in [9.17, 15) is 17.2 Å². The number of rotatable bonds is 5. The molecular formula is C10H11ClF2N2O3S. The summed E-state index contributed by atoms with van der Waals surface area (Å²) < 4.78 is 54.5. The first kappa shape index (κ1) is 14.4. The third kappa shape index (κ3) is 3.53. The number of hydrogen-bond acceptors (Lipinski definition) is 4. The van der Waals surface area contributed by atoms with E-state index in [-0.39, 0.29) is 21.7 Å². The van der Waals surface area contributed by atoms with Crippen molar-refractivity contribution in [3.8, 4) is 5.75 Å². The highest BCUT2D eigenvalue weighted by Gasteiger charge is 2.25. The van der Waals surface area contributed by atoms with E-state index >= 15 is 0 Å². The summed E-state index contributed by atoms with van der Waals surface area (Å²) in [5.41, 5.74) is 0. The molecule has 1 fully saturated rings. The van der Waals surface area contributed by atoms with Crippen LogP contribution in [-0.2, 0) is 10.0 Å². The molecule has 1 aliphatic heterocycles. The lowest BCUT2D eigenvalue weighted by atomic mass is 10.2. The zero-order chi connectivity index (χ0) is 14.0. The number of halogens is 3. The average Bonchev–Trinajstić information content (AvgIpc) is 2.26. The second-order valence-corrected chi connectivity index (χ2v) is 6.07. The predicted molar refractivity (Wildman–Crippen MR) is 65.1 cm³/mol. The van der Waals surface area contributed by atoms with Gasteiger partial charge in [0.05, 0.1) is 9.92 Å². The van der Waals surface area contributed by atoms with Crippen LogP contribution in [-0.4, -0.2) is 34.2 Å². The minimum absolute atomic E-state index is 0.0917. The molecule has 1 saturated heterocycles. The van der Waals surface area contributed by atoms with Gasteiger partial charge in [-0.15, -0.1) is 0 Å². The molecule has 19 heavy (non-hydrogen) atoms. The number of benzene rings is 1. The molecule has 0 bridgehead atoms. The van der Waals surface area contributed by atoms with Gasteiger partial charge in [-0.25, -0.2) is 13.1 Å². The van der Waals surface area contributed by atoms with E-state index in [0.717, 1.165) is 18.2 Å². The van der Waals surface area contributed by atoms with Gasteiger partial charge >= 0.3 is 6.61 Å². The van der Waals surface area contributed by atoms with Crippen molar-refractivity contribution in [2.24, 2.45) is 0 Å². The summed E-state index contributed by atoms with van der Waals surface area (Å²) in [5, 5.41) is 2.74. The first-order chi connectivity index (χ1) is 8.88. The predicted octanol–water partition coefficient (Wildman–Crippen LogP) is 1.19. The smallest absolute Gasteiger partial charge is 0.387 e. The van der Waals surface area contributed by atoms with Gasteiger partial charge in [-0.3, -0.25) is 0 Å². The van der Waals surface area contributed by atoms with Gasteiger partial charge in [-0.1, -0.05) is 11.6 Å². The first-order valence-corrected chi connectivity index (χ1v) is 7.22. The van der Waals surface area contributed by atoms with E-state index in [1.807, 2.05) is 0 Å². The normalized spacial score (nSPS) is 16.4. The maximum Gasteiger partial charge on any atom is 0.387 e. The minimum Gasteiger partial charge on any atom is -0.433 e. The molecule has 1 aromatic carbocycles. The maximum absolute atomic E-state index is 12.0. The van der Waals surface area contributed by atoms with Gasteiger partial charge in [0.1, 0.15) is 5.75 Å². The topological polar surface area (TPSA) is 67.4 Å². The van der Waals surface area contributed by atoms with Crippen molar-refractivity contribution in [3.63, 3.8) is 0 Å². The molecule has 9 heteroatoms. The summed E-state index contributed by atoms with van der Waals surface area (Å²) in [7, 11) is -3.71. The molecule has 0 spiro atoms. The Morgan fingerprint density at radius 3 is 2.58 bits per heavy atom. The lowest BCUT2D eigenvalue weighted by Gasteiger charge is -2.27. The van der Waals surface area contributed by atoms with Crippen LogP contribution >= 0.6 is 11.6 Å². The van der Waals surface area contributed by atoms with Crippen LogP contribution in [0.4, 0.5) is 8.78 Å². The summed E-state index contributed by atoms with van der Waals surface area (Å²) in [5.74, 6) is -0.263. The van der Waals surface area contributed by atoms with Crippen LogP contribution in [0.25, 0.3) is 0 Å². The molecule has 5 nitrogen and oxygen atoms in total. The van der Waals surface area contributed by atoms with E-state index < -0.39 is 16.6 Å². The zero-order valence-electron chi connectivity index (χ0n) is 9.57. The van der Waals surface area contributed by atoms with Gasteiger partial charge in [0.15, 0.2) is 0 Å². The standard InChI is InChI=1S/C10H11ClF2N2O3S/c11-8-3-7(1-2-9(8)18-10(12)13)19(16,17)15-6-4-14-5-6/h1-3,6,10,14-15H,4-5H2. The molecule has 0 atom stereocenters. The molecule has 0 amide bonds. The van der Waals surface area contributed by atoms with Crippen LogP contribution in [0, 0.1) is 0 Å². The molecule has 1 aromatic rings. The van der Waals surface area contributed by atoms with Crippen LogP contribution in [0.15, 0.2) is 23.1 Å². The molecule has 1 heterocycles. The lowest BCUT2D eigenvalue weighted by molar-refractivity contribution is -0.0498. The summed E-state index contributed by atoms with van der Waals surface area (Å²) >= 11 is 5.70. The van der Waals surface area contributed by atoms with Crippen molar-refractivity contribution >= 4 is 21.6 Å². The van der Waals surface area contributed by atoms with Crippen molar-refractivity contribution < 1.29 is 21.9 Å². The van der Waals surface area contributed by atoms with E-state index in [1.165, 1.54) is 0 Å². The summed E-state index contributed by atoms with van der Waals surface area (Å²) in [6.45, 7) is -1.90. The quantitative estimate of drug-likeness (QED) is 0.857. The summed E-state index contributed by atoms with van der Waals surface area (Å²) in [6.07, 6.45) is 0. The van der Waals surface area contributed by atoms with Gasteiger partial charge in [-0.05, 0) is 18.2 Å². The molecule has 0 aromatic heterocycles. The molecule has 106 valence electrons. The van der Waals surface area contributed by atoms with E-state index in [2.05, 4.69) is 14.8 Å². The van der Waals surface area contributed by atoms with E-state index in [0.29, 0.717) is 13.1 Å². The van der Waals surface area contributed by atoms with Crippen LogP contribution in [0.3, 0.4) is 0 Å². The Morgan fingerprint density at radius 2 is 2.11 bits per heavy atom. The second kappa shape index (κ2) is 5.58. The number of nitrogens with one attached hydrogen (secondary N) is 2. The van der Waals surface area contributed by atoms with Crippen molar-refractivity contribution in [2.75, 3.05) is 13.1 Å². The average molecular weight is 313 g/mol. The van der Waals surface area contributed by atoms with Crippen molar-refractivity contribution in [1.82, 2.24) is 10.0 Å². The fraction of sp³-hybridized carbons (Fsp3) is 0.400. The first-order valence-electron chi connectivity index (χ1n) is 5.36. The van der Waals surface area contributed by atoms with E-state index in [1.54, 1.807) is 0 Å². The van der Waals surface area contributed by atoms with Crippen molar-refractivity contribution in [1.29, 1.82) is 0 Å². The maximum atomic E-state index is 12.0. The van der Waals surface area contributed by atoms with Crippen molar-refractivity contribution in [3.05, 3.63) is 23.2 Å². The number of alkyl halides is 2. The number of ether oxygens (including phenoxy) is 1. The fourth-order valence-electron chi connectivity index (χ4n) is 1.50. The Hall–Kier alpha value is -0.960. The highest BCUT2D eigenvalue weighted by Crippen LogP contribution is 2.28. The Labute approximate surface area is 113 Å². The zero-order valence-corrected chi connectivity index (χ0v) is 11.1. The largest absolute Gasteiger partial charge is 0.433 e. The third-order valence-corrected chi connectivity index (χ3v) is 4.35. The molecule has 2 rings (SSSR count). The molecule has 0 aliphatic carbocycles. The SMILES string of the molecule is O=S(=O)(NC1CNC1)c1ccc(OC(F)F)c(Cl)c1. The Morgan fingerprint density at radius 1 is 1.42 bits per heavy atom. The molecule has 0 saturated carbocycles. The summed E-state index contributed by atoms with van der Waals surface area (Å²) in [6, 6.07) is 3.18. The molecule has 0 unspecified atom stereocenters. The molecule has 0 radical (unpaired) electrons. The van der Waals surface area contributed by atoms with Crippen LogP contribution < -0.4 is 14.8 Å². The number of sulfonamides is 1. The Bertz CT molecular complexity index is 564. The minimum atomic E-state index is -3.71. The van der Waals surface area contributed by atoms with Crippen LogP contribution in [0.2, 0.25) is 5.02 Å². The molecule has 1 aliphatic rings. The Balaban J connectivity index is 2.18. The van der Waals surface area contributed by atoms with Gasteiger partial charge in [-0.2, -0.15) is 8.78 Å². The number of hydrogen-bond donors (Lipinski definition) is 2. The highest BCUT2D eigenvalue weighted by atomic mass is 35.5. The second-order valence-electron chi connectivity index (χ2n) is 3.95. The highest BCUT2D eigenvalue weighted by molar-refractivity contribution is 7.89. The molecular weight excluding hydrogens is 302 g/mol. The Kier molecular flexibility index (Phi) is 4.24. The van der Waals surface area contributed by atoms with Crippen molar-refractivity contribution in [2.45, 2.75) is 17.5 Å².